The Bertz CT molecular complexity index is 291. The normalized spacial score (nSPS) is 27.1. The Balaban J connectivity index is 1.74. The second-order valence-corrected chi connectivity index (χ2v) is 8.10. The van der Waals surface area contributed by atoms with Crippen LogP contribution in [0, 0.1) is 5.41 Å². The predicted molar refractivity (Wildman–Crippen MR) is 91.8 cm³/mol. The summed E-state index contributed by atoms with van der Waals surface area (Å²) >= 11 is 0. The molecule has 2 unspecified atom stereocenters. The molecule has 3 heteroatoms. The van der Waals surface area contributed by atoms with Crippen LogP contribution in [0.15, 0.2) is 0 Å². The zero-order chi connectivity index (χ0) is 15.3. The van der Waals surface area contributed by atoms with Gasteiger partial charge in [-0.2, -0.15) is 0 Å². The maximum atomic E-state index is 3.68. The van der Waals surface area contributed by atoms with E-state index in [-0.39, 0.29) is 0 Å². The van der Waals surface area contributed by atoms with Gasteiger partial charge in [-0.25, -0.2) is 0 Å². The maximum absolute atomic E-state index is 3.68. The topological polar surface area (TPSA) is 18.5 Å². The summed E-state index contributed by atoms with van der Waals surface area (Å²) in [5.74, 6) is 0. The van der Waals surface area contributed by atoms with Crippen LogP contribution in [0.25, 0.3) is 0 Å². The number of nitrogens with one attached hydrogen (secondary N) is 1. The molecule has 0 aliphatic carbocycles. The number of rotatable bonds is 6. The van der Waals surface area contributed by atoms with E-state index in [2.05, 4.69) is 42.8 Å². The molecule has 2 atom stereocenters. The van der Waals surface area contributed by atoms with Gasteiger partial charge < -0.3 is 10.2 Å². The van der Waals surface area contributed by atoms with Crippen molar-refractivity contribution >= 4 is 0 Å². The third kappa shape index (κ3) is 5.22. The third-order valence-corrected chi connectivity index (χ3v) is 5.38. The number of hydrogen-bond donors (Lipinski definition) is 1. The molecule has 0 bridgehead atoms. The van der Waals surface area contributed by atoms with Crippen LogP contribution in [0.4, 0.5) is 0 Å². The molecule has 2 fully saturated rings. The molecule has 124 valence electrons. The van der Waals surface area contributed by atoms with Gasteiger partial charge in [0.05, 0.1) is 0 Å². The lowest BCUT2D eigenvalue weighted by Gasteiger charge is -2.34. The highest BCUT2D eigenvalue weighted by molar-refractivity contribution is 4.87. The molecule has 2 aliphatic heterocycles. The van der Waals surface area contributed by atoms with Crippen molar-refractivity contribution in [3.8, 4) is 0 Å². The maximum Gasteiger partial charge on any atom is 0.0235 e. The fourth-order valence-electron chi connectivity index (χ4n) is 4.00. The average molecular weight is 296 g/mol. The van der Waals surface area contributed by atoms with E-state index < -0.39 is 0 Å². The van der Waals surface area contributed by atoms with Gasteiger partial charge >= 0.3 is 0 Å². The molecule has 1 N–H and O–H groups in total. The monoisotopic (exact) mass is 295 g/mol. The highest BCUT2D eigenvalue weighted by atomic mass is 15.3. The molecular formula is C18H37N3. The minimum atomic E-state index is 0.363. The molecule has 2 aliphatic rings. The van der Waals surface area contributed by atoms with E-state index >= 15 is 0 Å². The van der Waals surface area contributed by atoms with Gasteiger partial charge in [0, 0.05) is 18.6 Å². The number of likely N-dealkylation sites (tertiary alicyclic amines) is 2. The summed E-state index contributed by atoms with van der Waals surface area (Å²) in [5.41, 5.74) is 0.363. The van der Waals surface area contributed by atoms with E-state index in [4.69, 9.17) is 0 Å². The molecule has 2 heterocycles. The lowest BCUT2D eigenvalue weighted by Crippen LogP contribution is -2.43. The summed E-state index contributed by atoms with van der Waals surface area (Å²) in [5, 5.41) is 3.68. The first-order valence-corrected chi connectivity index (χ1v) is 9.20. The predicted octanol–water partition coefficient (Wildman–Crippen LogP) is 2.96. The van der Waals surface area contributed by atoms with E-state index in [1.807, 2.05) is 0 Å². The summed E-state index contributed by atoms with van der Waals surface area (Å²) < 4.78 is 0. The standard InChI is InChI=1S/C18H37N3/c1-5-19-17(18(2,3)4)10-14-20-13-9-16(15-20)21-11-7-6-8-12-21/h16-17,19H,5-15H2,1-4H3. The summed E-state index contributed by atoms with van der Waals surface area (Å²) in [4.78, 5) is 5.46. The number of piperidine rings is 1. The molecular weight excluding hydrogens is 258 g/mol. The molecule has 3 nitrogen and oxygen atoms in total. The minimum absolute atomic E-state index is 0.363. The Hall–Kier alpha value is -0.120. The van der Waals surface area contributed by atoms with Crippen LogP contribution in [0.1, 0.15) is 59.8 Å². The fraction of sp³-hybridized carbons (Fsp3) is 1.00. The van der Waals surface area contributed by atoms with Crippen LogP contribution in [-0.4, -0.2) is 61.2 Å². The first-order chi connectivity index (χ1) is 10.0. The highest BCUT2D eigenvalue weighted by Crippen LogP contribution is 2.24. The van der Waals surface area contributed by atoms with Gasteiger partial charge in [-0.3, -0.25) is 4.90 Å². The molecule has 0 saturated carbocycles. The van der Waals surface area contributed by atoms with Crippen LogP contribution >= 0.6 is 0 Å². The van der Waals surface area contributed by atoms with Gasteiger partial charge in [-0.15, -0.1) is 0 Å². The molecule has 0 spiro atoms. The summed E-state index contributed by atoms with van der Waals surface area (Å²) in [6.07, 6.45) is 6.96. The number of nitrogens with zero attached hydrogens (tertiary/aromatic N) is 2. The van der Waals surface area contributed by atoms with E-state index in [0.717, 1.165) is 12.6 Å². The zero-order valence-electron chi connectivity index (χ0n) is 14.8. The highest BCUT2D eigenvalue weighted by Gasteiger charge is 2.30. The second-order valence-electron chi connectivity index (χ2n) is 8.10. The SMILES string of the molecule is CCNC(CCN1CCC(N2CCCCC2)C1)C(C)(C)C. The van der Waals surface area contributed by atoms with Crippen molar-refractivity contribution in [3.63, 3.8) is 0 Å². The smallest absolute Gasteiger partial charge is 0.0235 e. The summed E-state index contributed by atoms with van der Waals surface area (Å²) in [7, 11) is 0. The van der Waals surface area contributed by atoms with Crippen molar-refractivity contribution in [2.24, 2.45) is 5.41 Å². The van der Waals surface area contributed by atoms with E-state index in [1.165, 1.54) is 64.8 Å². The van der Waals surface area contributed by atoms with Crippen molar-refractivity contribution in [1.29, 1.82) is 0 Å². The Morgan fingerprint density at radius 3 is 2.43 bits per heavy atom. The lowest BCUT2D eigenvalue weighted by atomic mass is 9.84. The second kappa shape index (κ2) is 7.94. The van der Waals surface area contributed by atoms with Crippen molar-refractivity contribution in [1.82, 2.24) is 15.1 Å². The molecule has 0 radical (unpaired) electrons. The van der Waals surface area contributed by atoms with Crippen LogP contribution in [0.3, 0.4) is 0 Å². The van der Waals surface area contributed by atoms with Crippen molar-refractivity contribution in [2.75, 3.05) is 39.3 Å². The number of hydrogen-bond acceptors (Lipinski definition) is 3. The zero-order valence-corrected chi connectivity index (χ0v) is 14.8. The average Bonchev–Trinajstić information content (AvgIpc) is 2.92. The Kier molecular flexibility index (Phi) is 6.51. The molecule has 2 saturated heterocycles. The van der Waals surface area contributed by atoms with Crippen molar-refractivity contribution in [2.45, 2.75) is 71.9 Å². The van der Waals surface area contributed by atoms with E-state index in [1.54, 1.807) is 0 Å². The molecule has 21 heavy (non-hydrogen) atoms. The first-order valence-electron chi connectivity index (χ1n) is 9.20. The largest absolute Gasteiger partial charge is 0.314 e. The summed E-state index contributed by atoms with van der Waals surface area (Å²) in [6, 6.07) is 1.48. The van der Waals surface area contributed by atoms with Gasteiger partial charge in [0.1, 0.15) is 0 Å². The van der Waals surface area contributed by atoms with Crippen molar-refractivity contribution < 1.29 is 0 Å². The summed E-state index contributed by atoms with van der Waals surface area (Å²) in [6.45, 7) is 17.0. The van der Waals surface area contributed by atoms with Gasteiger partial charge in [0.2, 0.25) is 0 Å². The fourth-order valence-corrected chi connectivity index (χ4v) is 4.00. The van der Waals surface area contributed by atoms with E-state index in [9.17, 15) is 0 Å². The molecule has 0 aromatic carbocycles. The quantitative estimate of drug-likeness (QED) is 0.813. The third-order valence-electron chi connectivity index (χ3n) is 5.38. The van der Waals surface area contributed by atoms with Crippen LogP contribution in [-0.2, 0) is 0 Å². The Labute approximate surface area is 132 Å². The molecule has 0 aromatic heterocycles. The van der Waals surface area contributed by atoms with Gasteiger partial charge in [-0.05, 0) is 63.8 Å². The van der Waals surface area contributed by atoms with Crippen LogP contribution < -0.4 is 5.32 Å². The molecule has 2 rings (SSSR count). The molecule has 0 aromatic rings. The van der Waals surface area contributed by atoms with Gasteiger partial charge in [0.15, 0.2) is 0 Å². The first kappa shape index (κ1) is 17.2. The van der Waals surface area contributed by atoms with Crippen LogP contribution in [0.5, 0.6) is 0 Å². The van der Waals surface area contributed by atoms with E-state index in [0.29, 0.717) is 11.5 Å². The van der Waals surface area contributed by atoms with Crippen LogP contribution in [0.2, 0.25) is 0 Å². The van der Waals surface area contributed by atoms with Gasteiger partial charge in [-0.1, -0.05) is 34.1 Å². The molecule has 0 amide bonds. The van der Waals surface area contributed by atoms with Crippen molar-refractivity contribution in [3.05, 3.63) is 0 Å². The Morgan fingerprint density at radius 2 is 1.81 bits per heavy atom. The lowest BCUT2D eigenvalue weighted by molar-refractivity contribution is 0.158. The minimum Gasteiger partial charge on any atom is -0.314 e. The van der Waals surface area contributed by atoms with Gasteiger partial charge in [0.25, 0.3) is 0 Å². The Morgan fingerprint density at radius 1 is 1.10 bits per heavy atom.